The van der Waals surface area contributed by atoms with Gasteiger partial charge in [-0.3, -0.25) is 9.69 Å². The second-order valence-corrected chi connectivity index (χ2v) is 6.22. The van der Waals surface area contributed by atoms with Crippen LogP contribution in [0, 0.1) is 0 Å². The number of nitrogens with one attached hydrogen (secondary N) is 1. The lowest BCUT2D eigenvalue weighted by molar-refractivity contribution is -0.116. The van der Waals surface area contributed by atoms with E-state index in [1.807, 2.05) is 37.3 Å². The molecule has 5 heteroatoms. The van der Waals surface area contributed by atoms with Crippen molar-refractivity contribution in [2.75, 3.05) is 44.2 Å². The molecular formula is C19H26ClN3O. The summed E-state index contributed by atoms with van der Waals surface area (Å²) in [5, 5.41) is 3.73. The number of nitrogens with zero attached hydrogens (tertiary/aromatic N) is 2. The molecule has 0 bridgehead atoms. The molecule has 0 saturated carbocycles. The van der Waals surface area contributed by atoms with E-state index < -0.39 is 0 Å². The summed E-state index contributed by atoms with van der Waals surface area (Å²) in [6.45, 7) is 7.68. The number of halogens is 1. The van der Waals surface area contributed by atoms with Crippen LogP contribution in [-0.4, -0.2) is 50.1 Å². The van der Waals surface area contributed by atoms with Crippen LogP contribution in [0.2, 0.25) is 5.02 Å². The molecule has 1 aromatic carbocycles. The average Bonchev–Trinajstić information content (AvgIpc) is 2.60. The molecule has 1 aliphatic heterocycles. The van der Waals surface area contributed by atoms with Gasteiger partial charge in [0.2, 0.25) is 5.91 Å². The first-order valence-corrected chi connectivity index (χ1v) is 8.87. The standard InChI is InChI=1S/C19H26ClN3O/c1-2-3-4-10-19(24)21-11-7-12-22-13-15-23(16-14-22)18-9-6-5-8-17(18)20/h2-6,8-10H,7,11-16H2,1H3,(H,21,24)/b3-2+,10-4+. The van der Waals surface area contributed by atoms with Crippen LogP contribution in [0.3, 0.4) is 0 Å². The second-order valence-electron chi connectivity index (χ2n) is 5.81. The summed E-state index contributed by atoms with van der Waals surface area (Å²) < 4.78 is 0. The fraction of sp³-hybridized carbons (Fsp3) is 0.421. The summed E-state index contributed by atoms with van der Waals surface area (Å²) in [5.74, 6) is -0.0309. The summed E-state index contributed by atoms with van der Waals surface area (Å²) in [6.07, 6.45) is 8.02. The van der Waals surface area contributed by atoms with Crippen LogP contribution in [0.5, 0.6) is 0 Å². The zero-order valence-electron chi connectivity index (χ0n) is 14.2. The molecule has 1 amide bonds. The van der Waals surface area contributed by atoms with E-state index in [1.165, 1.54) is 0 Å². The third-order valence-corrected chi connectivity index (χ3v) is 4.39. The number of piperazine rings is 1. The summed E-state index contributed by atoms with van der Waals surface area (Å²) in [4.78, 5) is 16.3. The predicted molar refractivity (Wildman–Crippen MR) is 102 cm³/mol. The Morgan fingerprint density at radius 2 is 1.96 bits per heavy atom. The van der Waals surface area contributed by atoms with Crippen LogP contribution in [0.4, 0.5) is 5.69 Å². The minimum absolute atomic E-state index is 0.0309. The Balaban J connectivity index is 1.63. The first kappa shape index (κ1) is 18.6. The van der Waals surface area contributed by atoms with Gasteiger partial charge in [0.25, 0.3) is 0 Å². The molecule has 0 aliphatic carbocycles. The van der Waals surface area contributed by atoms with Crippen molar-refractivity contribution in [3.05, 3.63) is 53.6 Å². The van der Waals surface area contributed by atoms with E-state index in [-0.39, 0.29) is 5.91 Å². The largest absolute Gasteiger partial charge is 0.368 e. The van der Waals surface area contributed by atoms with Crippen molar-refractivity contribution < 1.29 is 4.79 Å². The maximum absolute atomic E-state index is 11.5. The van der Waals surface area contributed by atoms with Crippen molar-refractivity contribution in [1.29, 1.82) is 0 Å². The maximum atomic E-state index is 11.5. The molecule has 1 N–H and O–H groups in total. The Bertz CT molecular complexity index is 578. The molecule has 0 aromatic heterocycles. The quantitative estimate of drug-likeness (QED) is 0.467. The van der Waals surface area contributed by atoms with Gasteiger partial charge in [-0.1, -0.05) is 42.0 Å². The molecule has 1 heterocycles. The molecule has 0 spiro atoms. The van der Waals surface area contributed by atoms with Crippen LogP contribution in [0.15, 0.2) is 48.6 Å². The highest BCUT2D eigenvalue weighted by Crippen LogP contribution is 2.25. The molecule has 0 atom stereocenters. The first-order valence-electron chi connectivity index (χ1n) is 8.49. The van der Waals surface area contributed by atoms with Gasteiger partial charge >= 0.3 is 0 Å². The molecule has 1 saturated heterocycles. The summed E-state index contributed by atoms with van der Waals surface area (Å²) >= 11 is 6.27. The van der Waals surface area contributed by atoms with Gasteiger partial charge in [0.15, 0.2) is 0 Å². The molecule has 0 unspecified atom stereocenters. The SMILES string of the molecule is C/C=C/C=C/C(=O)NCCCN1CCN(c2ccccc2Cl)CC1. The van der Waals surface area contributed by atoms with E-state index in [9.17, 15) is 4.79 Å². The number of rotatable bonds is 7. The third kappa shape index (κ3) is 6.02. The van der Waals surface area contributed by atoms with E-state index in [0.29, 0.717) is 6.54 Å². The number of hydrogen-bond acceptors (Lipinski definition) is 3. The van der Waals surface area contributed by atoms with Crippen molar-refractivity contribution >= 4 is 23.2 Å². The molecule has 1 fully saturated rings. The Labute approximate surface area is 149 Å². The topological polar surface area (TPSA) is 35.6 Å². The van der Waals surface area contributed by atoms with Gasteiger partial charge in [-0.15, -0.1) is 0 Å². The lowest BCUT2D eigenvalue weighted by atomic mass is 10.2. The number of carbonyl (C=O) groups excluding carboxylic acids is 1. The van der Waals surface area contributed by atoms with E-state index in [4.69, 9.17) is 11.6 Å². The lowest BCUT2D eigenvalue weighted by Crippen LogP contribution is -2.47. The molecule has 1 aliphatic rings. The highest BCUT2D eigenvalue weighted by atomic mass is 35.5. The van der Waals surface area contributed by atoms with Gasteiger partial charge in [0, 0.05) is 38.8 Å². The summed E-state index contributed by atoms with van der Waals surface area (Å²) in [5.41, 5.74) is 1.12. The number of anilines is 1. The number of amides is 1. The predicted octanol–water partition coefficient (Wildman–Crippen LogP) is 3.10. The highest BCUT2D eigenvalue weighted by Gasteiger charge is 2.18. The summed E-state index contributed by atoms with van der Waals surface area (Å²) in [7, 11) is 0. The molecular weight excluding hydrogens is 322 g/mol. The second kappa shape index (κ2) is 10.2. The van der Waals surface area contributed by atoms with Crippen molar-refractivity contribution in [1.82, 2.24) is 10.2 Å². The smallest absolute Gasteiger partial charge is 0.243 e. The fourth-order valence-electron chi connectivity index (χ4n) is 2.75. The van der Waals surface area contributed by atoms with Gasteiger partial charge in [-0.25, -0.2) is 0 Å². The summed E-state index contributed by atoms with van der Waals surface area (Å²) in [6, 6.07) is 8.01. The van der Waals surface area contributed by atoms with Crippen molar-refractivity contribution in [3.8, 4) is 0 Å². The molecule has 4 nitrogen and oxygen atoms in total. The van der Waals surface area contributed by atoms with E-state index >= 15 is 0 Å². The van der Waals surface area contributed by atoms with E-state index in [2.05, 4.69) is 21.2 Å². The Morgan fingerprint density at radius 3 is 2.67 bits per heavy atom. The van der Waals surface area contributed by atoms with Crippen molar-refractivity contribution in [2.24, 2.45) is 0 Å². The number of para-hydroxylation sites is 1. The fourth-order valence-corrected chi connectivity index (χ4v) is 3.00. The van der Waals surface area contributed by atoms with Crippen LogP contribution < -0.4 is 10.2 Å². The molecule has 0 radical (unpaired) electrons. The van der Waals surface area contributed by atoms with Gasteiger partial charge in [0.1, 0.15) is 0 Å². The van der Waals surface area contributed by atoms with Crippen LogP contribution in [0.1, 0.15) is 13.3 Å². The monoisotopic (exact) mass is 347 g/mol. The Kier molecular flexibility index (Phi) is 7.86. The number of carbonyl (C=O) groups is 1. The van der Waals surface area contributed by atoms with Gasteiger partial charge in [-0.2, -0.15) is 0 Å². The molecule has 130 valence electrons. The van der Waals surface area contributed by atoms with Crippen molar-refractivity contribution in [3.63, 3.8) is 0 Å². The lowest BCUT2D eigenvalue weighted by Gasteiger charge is -2.36. The Morgan fingerprint density at radius 1 is 1.21 bits per heavy atom. The van der Waals surface area contributed by atoms with Crippen LogP contribution in [0.25, 0.3) is 0 Å². The van der Waals surface area contributed by atoms with Crippen LogP contribution in [-0.2, 0) is 4.79 Å². The number of hydrogen-bond donors (Lipinski definition) is 1. The maximum Gasteiger partial charge on any atom is 0.243 e. The third-order valence-electron chi connectivity index (χ3n) is 4.07. The van der Waals surface area contributed by atoms with Crippen LogP contribution >= 0.6 is 11.6 Å². The zero-order chi connectivity index (χ0) is 17.2. The Hall–Kier alpha value is -1.78. The molecule has 2 rings (SSSR count). The average molecular weight is 348 g/mol. The number of benzene rings is 1. The molecule has 24 heavy (non-hydrogen) atoms. The van der Waals surface area contributed by atoms with Gasteiger partial charge in [-0.05, 0) is 32.0 Å². The normalized spacial score (nSPS) is 16.2. The van der Waals surface area contributed by atoms with E-state index in [0.717, 1.165) is 49.9 Å². The number of allylic oxidation sites excluding steroid dienone is 3. The van der Waals surface area contributed by atoms with Gasteiger partial charge < -0.3 is 10.2 Å². The highest BCUT2D eigenvalue weighted by molar-refractivity contribution is 6.33. The van der Waals surface area contributed by atoms with Gasteiger partial charge in [0.05, 0.1) is 10.7 Å². The van der Waals surface area contributed by atoms with Crippen molar-refractivity contribution in [2.45, 2.75) is 13.3 Å². The zero-order valence-corrected chi connectivity index (χ0v) is 15.0. The molecule has 1 aromatic rings. The first-order chi connectivity index (χ1) is 11.7. The minimum atomic E-state index is -0.0309. The van der Waals surface area contributed by atoms with E-state index in [1.54, 1.807) is 12.2 Å². The minimum Gasteiger partial charge on any atom is -0.368 e.